The number of halogens is 3. The van der Waals surface area contributed by atoms with Gasteiger partial charge in [-0.1, -0.05) is 0 Å². The maximum atomic E-state index is 13.3. The summed E-state index contributed by atoms with van der Waals surface area (Å²) in [6.45, 7) is 0.0925. The van der Waals surface area contributed by atoms with E-state index in [4.69, 9.17) is 4.42 Å². The number of nitrogens with one attached hydrogen (secondary N) is 1. The number of carbonyl (C=O) groups is 3. The monoisotopic (exact) mass is 502 g/mol. The first-order valence-electron chi connectivity index (χ1n) is 10.5. The SMILES string of the molecule is O=C(Nc1cc(CN2C(=O)N(c3ccc(SC(F)(F)F)cc3)C(=O)C23CC3)ccn1)c1ccco1. The molecule has 1 saturated carbocycles. The zero-order valence-electron chi connectivity index (χ0n) is 17.9. The molecule has 3 aromatic rings. The molecule has 1 saturated heterocycles. The van der Waals surface area contributed by atoms with Gasteiger partial charge in [0.1, 0.15) is 11.4 Å². The molecule has 12 heteroatoms. The van der Waals surface area contributed by atoms with Crippen LogP contribution in [-0.4, -0.2) is 38.8 Å². The molecule has 2 fully saturated rings. The Kier molecular flexibility index (Phi) is 5.55. The second kappa shape index (κ2) is 8.45. The first kappa shape index (κ1) is 23.0. The predicted molar refractivity (Wildman–Crippen MR) is 120 cm³/mol. The van der Waals surface area contributed by atoms with E-state index in [0.29, 0.717) is 18.4 Å². The minimum absolute atomic E-state index is 0.0424. The van der Waals surface area contributed by atoms with Gasteiger partial charge < -0.3 is 14.6 Å². The molecular formula is C23H17F3N4O4S. The van der Waals surface area contributed by atoms with E-state index in [1.807, 2.05) is 0 Å². The summed E-state index contributed by atoms with van der Waals surface area (Å²) in [5.74, 6) is -0.519. The largest absolute Gasteiger partial charge is 0.459 e. The van der Waals surface area contributed by atoms with Crippen LogP contribution in [0.15, 0.2) is 70.3 Å². The van der Waals surface area contributed by atoms with Crippen LogP contribution in [-0.2, 0) is 11.3 Å². The third kappa shape index (κ3) is 4.48. The molecule has 8 nitrogen and oxygen atoms in total. The van der Waals surface area contributed by atoms with Crippen molar-refractivity contribution in [3.63, 3.8) is 0 Å². The van der Waals surface area contributed by atoms with Crippen molar-refractivity contribution in [3.8, 4) is 0 Å². The smallest absolute Gasteiger partial charge is 0.446 e. The number of nitrogens with zero attached hydrogens (tertiary/aromatic N) is 3. The van der Waals surface area contributed by atoms with Crippen LogP contribution in [0, 0.1) is 0 Å². The lowest BCUT2D eigenvalue weighted by molar-refractivity contribution is -0.120. The zero-order chi connectivity index (χ0) is 24.8. The number of anilines is 2. The number of aromatic nitrogens is 1. The van der Waals surface area contributed by atoms with Crippen molar-refractivity contribution in [2.45, 2.75) is 35.3 Å². The molecule has 0 unspecified atom stereocenters. The molecule has 4 amide bonds. The van der Waals surface area contributed by atoms with Gasteiger partial charge in [-0.25, -0.2) is 14.7 Å². The molecule has 35 heavy (non-hydrogen) atoms. The van der Waals surface area contributed by atoms with E-state index in [-0.39, 0.29) is 40.5 Å². The van der Waals surface area contributed by atoms with Gasteiger partial charge in [-0.15, -0.1) is 0 Å². The summed E-state index contributed by atoms with van der Waals surface area (Å²) in [5, 5.41) is 2.62. The van der Waals surface area contributed by atoms with Gasteiger partial charge in [0.05, 0.1) is 12.0 Å². The molecule has 180 valence electrons. The summed E-state index contributed by atoms with van der Waals surface area (Å²) in [4.78, 5) is 45.2. The lowest BCUT2D eigenvalue weighted by Gasteiger charge is -2.21. The van der Waals surface area contributed by atoms with Gasteiger partial charge in [0, 0.05) is 17.6 Å². The molecule has 2 aliphatic rings. The lowest BCUT2D eigenvalue weighted by Crippen LogP contribution is -2.36. The fourth-order valence-corrected chi connectivity index (χ4v) is 4.51. The Hall–Kier alpha value is -3.80. The number of carbonyl (C=O) groups excluding carboxylic acids is 3. The molecule has 2 aromatic heterocycles. The van der Waals surface area contributed by atoms with Crippen molar-refractivity contribution >= 4 is 41.1 Å². The van der Waals surface area contributed by atoms with E-state index in [2.05, 4.69) is 10.3 Å². The van der Waals surface area contributed by atoms with Gasteiger partial charge in [-0.2, -0.15) is 13.2 Å². The Morgan fingerprint density at radius 3 is 2.51 bits per heavy atom. The van der Waals surface area contributed by atoms with Gasteiger partial charge in [0.25, 0.3) is 11.8 Å². The first-order chi connectivity index (χ1) is 16.7. The summed E-state index contributed by atoms with van der Waals surface area (Å²) in [5.41, 5.74) is -4.56. The molecule has 3 heterocycles. The standard InChI is InChI=1S/C23H17F3N4O4S/c24-23(25,26)35-16-5-3-15(4-6-16)30-20(32)22(8-9-22)29(21(30)33)13-14-7-10-27-18(12-14)28-19(31)17-2-1-11-34-17/h1-7,10-12H,8-9,13H2,(H,27,28,31). The lowest BCUT2D eigenvalue weighted by atomic mass is 10.2. The van der Waals surface area contributed by atoms with E-state index in [1.165, 1.54) is 47.7 Å². The molecule has 1 aliphatic carbocycles. The minimum Gasteiger partial charge on any atom is -0.459 e. The average molecular weight is 502 g/mol. The van der Waals surface area contributed by atoms with Crippen LogP contribution in [0.1, 0.15) is 29.0 Å². The zero-order valence-corrected chi connectivity index (χ0v) is 18.7. The molecule has 1 aromatic carbocycles. The predicted octanol–water partition coefficient (Wildman–Crippen LogP) is 5.04. The van der Waals surface area contributed by atoms with Crippen molar-refractivity contribution in [3.05, 3.63) is 72.3 Å². The fourth-order valence-electron chi connectivity index (χ4n) is 3.97. The van der Waals surface area contributed by atoms with Crippen LogP contribution < -0.4 is 10.2 Å². The van der Waals surface area contributed by atoms with E-state index in [9.17, 15) is 27.6 Å². The Morgan fingerprint density at radius 1 is 1.14 bits per heavy atom. The van der Waals surface area contributed by atoms with Crippen LogP contribution >= 0.6 is 11.8 Å². The summed E-state index contributed by atoms with van der Waals surface area (Å²) < 4.78 is 42.9. The third-order valence-corrected chi connectivity index (χ3v) is 6.48. The van der Waals surface area contributed by atoms with Crippen molar-refractivity contribution in [2.75, 3.05) is 10.2 Å². The number of furan rings is 1. The van der Waals surface area contributed by atoms with Crippen molar-refractivity contribution < 1.29 is 32.0 Å². The van der Waals surface area contributed by atoms with Crippen LogP contribution in [0.5, 0.6) is 0 Å². The van der Waals surface area contributed by atoms with Gasteiger partial charge in [-0.05, 0) is 78.7 Å². The van der Waals surface area contributed by atoms with E-state index in [0.717, 1.165) is 4.90 Å². The number of hydrogen-bond acceptors (Lipinski definition) is 6. The summed E-state index contributed by atoms with van der Waals surface area (Å²) in [7, 11) is 0. The Morgan fingerprint density at radius 2 is 1.89 bits per heavy atom. The highest BCUT2D eigenvalue weighted by Crippen LogP contribution is 2.50. The summed E-state index contributed by atoms with van der Waals surface area (Å²) >= 11 is -0.268. The van der Waals surface area contributed by atoms with Gasteiger partial charge in [0.2, 0.25) is 0 Å². The molecule has 0 bridgehead atoms. The Balaban J connectivity index is 1.34. The quantitative estimate of drug-likeness (QED) is 0.375. The van der Waals surface area contributed by atoms with Crippen LogP contribution in [0.2, 0.25) is 0 Å². The first-order valence-corrected chi connectivity index (χ1v) is 11.3. The van der Waals surface area contributed by atoms with Gasteiger partial charge in [0.15, 0.2) is 5.76 Å². The molecule has 1 N–H and O–H groups in total. The van der Waals surface area contributed by atoms with Gasteiger partial charge >= 0.3 is 11.5 Å². The Labute approximate surface area is 201 Å². The number of rotatable bonds is 6. The number of amides is 4. The second-order valence-corrected chi connectivity index (χ2v) is 9.20. The Bertz CT molecular complexity index is 1290. The molecular weight excluding hydrogens is 485 g/mol. The van der Waals surface area contributed by atoms with E-state index in [1.54, 1.807) is 18.2 Å². The van der Waals surface area contributed by atoms with Gasteiger partial charge in [-0.3, -0.25) is 9.59 Å². The number of hydrogen-bond donors (Lipinski definition) is 1. The highest BCUT2D eigenvalue weighted by atomic mass is 32.2. The maximum absolute atomic E-state index is 13.3. The second-order valence-electron chi connectivity index (χ2n) is 8.06. The highest BCUT2D eigenvalue weighted by Gasteiger charge is 2.65. The van der Waals surface area contributed by atoms with Crippen LogP contribution in [0.25, 0.3) is 0 Å². The molecule has 0 radical (unpaired) electrons. The number of imide groups is 1. The average Bonchev–Trinajstić information content (AvgIpc) is 3.36. The van der Waals surface area contributed by atoms with E-state index < -0.39 is 28.9 Å². The highest BCUT2D eigenvalue weighted by molar-refractivity contribution is 8.00. The maximum Gasteiger partial charge on any atom is 0.446 e. The van der Waals surface area contributed by atoms with Crippen LogP contribution in [0.3, 0.4) is 0 Å². The number of pyridine rings is 1. The molecule has 0 atom stereocenters. The molecule has 1 aliphatic heterocycles. The molecule has 5 rings (SSSR count). The van der Waals surface area contributed by atoms with Crippen molar-refractivity contribution in [2.24, 2.45) is 0 Å². The normalized spacial score (nSPS) is 16.8. The van der Waals surface area contributed by atoms with E-state index >= 15 is 0 Å². The minimum atomic E-state index is -4.43. The number of urea groups is 1. The summed E-state index contributed by atoms with van der Waals surface area (Å²) in [6, 6.07) is 10.9. The number of alkyl halides is 3. The number of thioether (sulfide) groups is 1. The topological polar surface area (TPSA) is 95.8 Å². The van der Waals surface area contributed by atoms with Crippen molar-refractivity contribution in [1.82, 2.24) is 9.88 Å². The number of benzene rings is 1. The molecule has 1 spiro atoms. The fraction of sp³-hybridized carbons (Fsp3) is 0.217. The van der Waals surface area contributed by atoms with Crippen LogP contribution in [0.4, 0.5) is 29.5 Å². The van der Waals surface area contributed by atoms with Crippen molar-refractivity contribution in [1.29, 1.82) is 0 Å². The summed E-state index contributed by atoms with van der Waals surface area (Å²) in [6.07, 6.45) is 3.83. The third-order valence-electron chi connectivity index (χ3n) is 5.74.